The van der Waals surface area contributed by atoms with Gasteiger partial charge in [0.1, 0.15) is 5.65 Å². The third-order valence-corrected chi connectivity index (χ3v) is 4.75. The van der Waals surface area contributed by atoms with E-state index in [1.165, 1.54) is 0 Å². The zero-order valence-electron chi connectivity index (χ0n) is 15.1. The molecule has 0 spiro atoms. The molecule has 3 N–H and O–H groups in total. The number of imidazole rings is 1. The smallest absolute Gasteiger partial charge is 0.323 e. The van der Waals surface area contributed by atoms with Crippen LogP contribution in [0.2, 0.25) is 0 Å². The van der Waals surface area contributed by atoms with Crippen molar-refractivity contribution in [1.82, 2.24) is 24.5 Å². The van der Waals surface area contributed by atoms with Gasteiger partial charge in [0.15, 0.2) is 0 Å². The van der Waals surface area contributed by atoms with Crippen molar-refractivity contribution in [2.75, 3.05) is 5.32 Å². The van der Waals surface area contributed by atoms with Crippen molar-refractivity contribution in [1.29, 1.82) is 0 Å². The third-order valence-electron chi connectivity index (χ3n) is 4.75. The van der Waals surface area contributed by atoms with Crippen molar-refractivity contribution in [2.45, 2.75) is 32.7 Å². The molecule has 4 aromatic rings. The summed E-state index contributed by atoms with van der Waals surface area (Å²) in [7, 11) is 0. The molecule has 0 saturated heterocycles. The summed E-state index contributed by atoms with van der Waals surface area (Å²) in [5, 5.41) is 3.96. The van der Waals surface area contributed by atoms with Crippen molar-refractivity contribution in [3.05, 3.63) is 57.4 Å². The normalized spacial score (nSPS) is 11.5. The van der Waals surface area contributed by atoms with Gasteiger partial charge < -0.3 is 15.3 Å². The van der Waals surface area contributed by atoms with Crippen LogP contribution in [0.15, 0.2) is 46.1 Å². The highest BCUT2D eigenvalue weighted by Gasteiger charge is 2.14. The van der Waals surface area contributed by atoms with Crippen molar-refractivity contribution < 1.29 is 0 Å². The quantitative estimate of drug-likeness (QED) is 0.504. The Morgan fingerprint density at radius 3 is 2.63 bits per heavy atom. The molecule has 8 nitrogen and oxygen atoms in total. The molecule has 0 fully saturated rings. The number of nitrogens with one attached hydrogen (secondary N) is 3. The number of nitrogens with zero attached hydrogens (tertiary/aromatic N) is 3. The summed E-state index contributed by atoms with van der Waals surface area (Å²) in [4.78, 5) is 38.2. The van der Waals surface area contributed by atoms with E-state index in [1.54, 1.807) is 35.0 Å². The Balaban J connectivity index is 1.78. The molecule has 0 amide bonds. The zero-order chi connectivity index (χ0) is 19.0. The van der Waals surface area contributed by atoms with Gasteiger partial charge >= 0.3 is 5.69 Å². The molecule has 0 aliphatic rings. The highest BCUT2D eigenvalue weighted by Crippen LogP contribution is 2.22. The van der Waals surface area contributed by atoms with Gasteiger partial charge in [0.05, 0.1) is 11.0 Å². The molecule has 8 heteroatoms. The van der Waals surface area contributed by atoms with E-state index in [-0.39, 0.29) is 17.3 Å². The van der Waals surface area contributed by atoms with E-state index in [2.05, 4.69) is 39.1 Å². The first-order chi connectivity index (χ1) is 13.1. The minimum Gasteiger partial charge on any atom is -0.324 e. The van der Waals surface area contributed by atoms with Gasteiger partial charge in [-0.05, 0) is 37.1 Å². The minimum atomic E-state index is -0.252. The van der Waals surface area contributed by atoms with Gasteiger partial charge in [0, 0.05) is 29.4 Å². The van der Waals surface area contributed by atoms with Crippen LogP contribution in [-0.4, -0.2) is 24.5 Å². The van der Waals surface area contributed by atoms with E-state index in [0.29, 0.717) is 17.1 Å². The lowest BCUT2D eigenvalue weighted by Gasteiger charge is -2.18. The highest BCUT2D eigenvalue weighted by molar-refractivity contribution is 5.80. The number of benzene rings is 1. The summed E-state index contributed by atoms with van der Waals surface area (Å²) in [5.74, 6) is 0.394. The zero-order valence-corrected chi connectivity index (χ0v) is 15.1. The van der Waals surface area contributed by atoms with Crippen LogP contribution in [0.25, 0.3) is 22.1 Å². The molecule has 0 unspecified atom stereocenters. The lowest BCUT2D eigenvalue weighted by Crippen LogP contribution is -2.24. The first kappa shape index (κ1) is 17.0. The second kappa shape index (κ2) is 6.71. The van der Waals surface area contributed by atoms with Crippen molar-refractivity contribution in [3.63, 3.8) is 0 Å². The minimum absolute atomic E-state index is 0.0628. The van der Waals surface area contributed by atoms with Crippen LogP contribution in [0.1, 0.15) is 32.7 Å². The van der Waals surface area contributed by atoms with Gasteiger partial charge in [0.25, 0.3) is 5.56 Å². The molecule has 1 aromatic carbocycles. The van der Waals surface area contributed by atoms with Gasteiger partial charge in [-0.1, -0.05) is 13.8 Å². The number of aromatic nitrogens is 5. The van der Waals surface area contributed by atoms with E-state index in [9.17, 15) is 9.59 Å². The first-order valence-electron chi connectivity index (χ1n) is 8.96. The second-order valence-corrected chi connectivity index (χ2v) is 6.45. The molecule has 0 bridgehead atoms. The van der Waals surface area contributed by atoms with Gasteiger partial charge in [-0.2, -0.15) is 4.98 Å². The molecule has 3 aromatic heterocycles. The average molecular weight is 364 g/mol. The maximum atomic E-state index is 12.5. The summed E-state index contributed by atoms with van der Waals surface area (Å²) < 4.78 is 1.75. The van der Waals surface area contributed by atoms with Gasteiger partial charge in [-0.25, -0.2) is 9.78 Å². The molecule has 0 saturated carbocycles. The van der Waals surface area contributed by atoms with Crippen LogP contribution >= 0.6 is 0 Å². The number of H-pyrrole nitrogens is 2. The number of pyridine rings is 1. The van der Waals surface area contributed by atoms with Crippen LogP contribution in [0, 0.1) is 0 Å². The Morgan fingerprint density at radius 2 is 1.85 bits per heavy atom. The first-order valence-corrected chi connectivity index (χ1v) is 8.96. The van der Waals surface area contributed by atoms with Crippen LogP contribution in [0.3, 0.4) is 0 Å². The molecule has 138 valence electrons. The summed E-state index contributed by atoms with van der Waals surface area (Å²) in [5.41, 5.74) is 2.46. The third kappa shape index (κ3) is 3.10. The van der Waals surface area contributed by atoms with E-state index >= 15 is 0 Å². The van der Waals surface area contributed by atoms with Gasteiger partial charge in [0.2, 0.25) is 5.95 Å². The van der Waals surface area contributed by atoms with Crippen molar-refractivity contribution in [3.8, 4) is 0 Å². The van der Waals surface area contributed by atoms with Crippen LogP contribution < -0.4 is 16.6 Å². The lowest BCUT2D eigenvalue weighted by molar-refractivity contribution is 0.470. The summed E-state index contributed by atoms with van der Waals surface area (Å²) >= 11 is 0. The Kier molecular flexibility index (Phi) is 4.23. The molecule has 27 heavy (non-hydrogen) atoms. The number of rotatable bonds is 5. The fraction of sp³-hybridized carbons (Fsp3) is 0.263. The topological polar surface area (TPSA) is 108 Å². The number of fused-ring (bicyclic) bond motifs is 2. The Hall–Kier alpha value is -3.42. The van der Waals surface area contributed by atoms with E-state index in [4.69, 9.17) is 0 Å². The highest BCUT2D eigenvalue weighted by atomic mass is 16.1. The van der Waals surface area contributed by atoms with E-state index in [0.717, 1.165) is 29.4 Å². The number of aromatic amines is 2. The number of hydrogen-bond donors (Lipinski definition) is 3. The van der Waals surface area contributed by atoms with Gasteiger partial charge in [-0.15, -0.1) is 0 Å². The van der Waals surface area contributed by atoms with Crippen LogP contribution in [-0.2, 0) is 0 Å². The SMILES string of the molecule is CCC(CC)n1c(=O)ccc2cnc(Nc3ccc4[nH]c(=O)[nH]c4c3)nc21. The molecular weight excluding hydrogens is 344 g/mol. The maximum Gasteiger partial charge on any atom is 0.323 e. The molecule has 4 rings (SSSR count). The Bertz CT molecular complexity index is 1230. The molecule has 0 aliphatic carbocycles. The molecule has 0 aliphatic heterocycles. The summed E-state index contributed by atoms with van der Waals surface area (Å²) in [6, 6.07) is 8.84. The predicted molar refractivity (Wildman–Crippen MR) is 106 cm³/mol. The Labute approximate surface area is 154 Å². The largest absolute Gasteiger partial charge is 0.324 e. The standard InChI is InChI=1S/C19H20N6O2/c1-3-13(4-2)25-16(26)8-5-11-10-20-18(24-17(11)25)21-12-6-7-14-15(9-12)23-19(27)22-14/h5-10,13H,3-4H2,1-2H3,(H,20,21,24)(H2,22,23,27). The second-order valence-electron chi connectivity index (χ2n) is 6.45. The van der Waals surface area contributed by atoms with E-state index in [1.807, 2.05) is 6.07 Å². The molecule has 3 heterocycles. The van der Waals surface area contributed by atoms with Gasteiger partial charge in [-0.3, -0.25) is 9.36 Å². The number of anilines is 2. The summed E-state index contributed by atoms with van der Waals surface area (Å²) in [6.45, 7) is 4.12. The summed E-state index contributed by atoms with van der Waals surface area (Å²) in [6.07, 6.45) is 3.40. The molecule has 0 atom stereocenters. The van der Waals surface area contributed by atoms with E-state index < -0.39 is 0 Å². The molecular formula is C19H20N6O2. The Morgan fingerprint density at radius 1 is 1.07 bits per heavy atom. The van der Waals surface area contributed by atoms with Crippen LogP contribution in [0.4, 0.5) is 11.6 Å². The maximum absolute atomic E-state index is 12.5. The van der Waals surface area contributed by atoms with Crippen LogP contribution in [0.5, 0.6) is 0 Å². The lowest BCUT2D eigenvalue weighted by atomic mass is 10.1. The molecule has 0 radical (unpaired) electrons. The van der Waals surface area contributed by atoms with Crippen molar-refractivity contribution in [2.24, 2.45) is 0 Å². The number of hydrogen-bond acceptors (Lipinski definition) is 5. The average Bonchev–Trinajstić information content (AvgIpc) is 3.03. The fourth-order valence-corrected chi connectivity index (χ4v) is 3.34. The fourth-order valence-electron chi connectivity index (χ4n) is 3.34. The predicted octanol–water partition coefficient (Wildman–Crippen LogP) is 3.07. The monoisotopic (exact) mass is 364 g/mol. The van der Waals surface area contributed by atoms with Crippen molar-refractivity contribution >= 4 is 33.7 Å².